The first-order chi connectivity index (χ1) is 9.17. The van der Waals surface area contributed by atoms with Gasteiger partial charge in [0.2, 0.25) is 5.91 Å². The SMILES string of the molecule is COc1cccc(CNC(=O)CN2CC[C@@H](N)C2)c1.Cl. The Morgan fingerprint density at radius 3 is 3.00 bits per heavy atom. The Bertz CT molecular complexity index is 442. The van der Waals surface area contributed by atoms with Gasteiger partial charge in [0.25, 0.3) is 0 Å². The van der Waals surface area contributed by atoms with Crippen LogP contribution in [0.3, 0.4) is 0 Å². The lowest BCUT2D eigenvalue weighted by Crippen LogP contribution is -2.37. The molecular weight excluding hydrogens is 278 g/mol. The Labute approximate surface area is 125 Å². The van der Waals surface area contributed by atoms with Crippen LogP contribution in [-0.2, 0) is 11.3 Å². The first-order valence-corrected chi connectivity index (χ1v) is 6.55. The van der Waals surface area contributed by atoms with Crippen molar-refractivity contribution in [2.45, 2.75) is 19.0 Å². The molecule has 0 aromatic heterocycles. The van der Waals surface area contributed by atoms with Crippen molar-refractivity contribution in [1.82, 2.24) is 10.2 Å². The molecule has 1 heterocycles. The fourth-order valence-corrected chi connectivity index (χ4v) is 2.25. The number of nitrogens with zero attached hydrogens (tertiary/aromatic N) is 1. The van der Waals surface area contributed by atoms with Crippen LogP contribution in [0.4, 0.5) is 0 Å². The number of halogens is 1. The number of carbonyl (C=O) groups is 1. The van der Waals surface area contributed by atoms with E-state index >= 15 is 0 Å². The van der Waals surface area contributed by atoms with Crippen molar-refractivity contribution in [3.05, 3.63) is 29.8 Å². The minimum absolute atomic E-state index is 0. The first-order valence-electron chi connectivity index (χ1n) is 6.55. The normalized spacial score (nSPS) is 18.4. The zero-order valence-electron chi connectivity index (χ0n) is 11.7. The fraction of sp³-hybridized carbons (Fsp3) is 0.500. The molecule has 1 aliphatic rings. The molecule has 112 valence electrons. The Kier molecular flexibility index (Phi) is 6.78. The minimum atomic E-state index is 0. The second-order valence-corrected chi connectivity index (χ2v) is 4.91. The number of benzene rings is 1. The van der Waals surface area contributed by atoms with Gasteiger partial charge in [-0.15, -0.1) is 12.4 Å². The Morgan fingerprint density at radius 1 is 1.55 bits per heavy atom. The molecule has 0 radical (unpaired) electrons. The van der Waals surface area contributed by atoms with Crippen LogP contribution in [0.5, 0.6) is 5.75 Å². The average Bonchev–Trinajstić information content (AvgIpc) is 2.82. The zero-order chi connectivity index (χ0) is 13.7. The summed E-state index contributed by atoms with van der Waals surface area (Å²) in [6.07, 6.45) is 0.975. The molecule has 0 aliphatic carbocycles. The number of ether oxygens (including phenoxy) is 1. The lowest BCUT2D eigenvalue weighted by molar-refractivity contribution is -0.122. The monoisotopic (exact) mass is 299 g/mol. The van der Waals surface area contributed by atoms with E-state index in [1.54, 1.807) is 7.11 Å². The van der Waals surface area contributed by atoms with Crippen LogP contribution in [0.15, 0.2) is 24.3 Å². The summed E-state index contributed by atoms with van der Waals surface area (Å²) in [6.45, 7) is 2.67. The molecule has 6 heteroatoms. The van der Waals surface area contributed by atoms with Crippen molar-refractivity contribution >= 4 is 18.3 Å². The maximum absolute atomic E-state index is 11.8. The number of hydrogen-bond donors (Lipinski definition) is 2. The Balaban J connectivity index is 0.00000200. The molecule has 0 spiro atoms. The highest BCUT2D eigenvalue weighted by Gasteiger charge is 2.20. The van der Waals surface area contributed by atoms with Gasteiger partial charge in [-0.1, -0.05) is 12.1 Å². The standard InChI is InChI=1S/C14H21N3O2.ClH/c1-19-13-4-2-3-11(7-13)8-16-14(18)10-17-6-5-12(15)9-17;/h2-4,7,12H,5-6,8-10,15H2,1H3,(H,16,18);1H/t12-;/m1./s1. The molecule has 1 aromatic rings. The molecule has 1 aliphatic heterocycles. The average molecular weight is 300 g/mol. The number of likely N-dealkylation sites (tertiary alicyclic amines) is 1. The molecule has 1 amide bonds. The predicted octanol–water partition coefficient (Wildman–Crippen LogP) is 0.766. The summed E-state index contributed by atoms with van der Waals surface area (Å²) in [5.74, 6) is 0.842. The minimum Gasteiger partial charge on any atom is -0.497 e. The van der Waals surface area contributed by atoms with Gasteiger partial charge in [0.15, 0.2) is 0 Å². The first kappa shape index (κ1) is 16.8. The molecule has 1 saturated heterocycles. The molecule has 0 unspecified atom stereocenters. The molecule has 1 aromatic carbocycles. The van der Waals surface area contributed by atoms with E-state index in [2.05, 4.69) is 10.2 Å². The van der Waals surface area contributed by atoms with Crippen LogP contribution in [0.2, 0.25) is 0 Å². The predicted molar refractivity (Wildman–Crippen MR) is 81.1 cm³/mol. The van der Waals surface area contributed by atoms with Gasteiger partial charge in [-0.3, -0.25) is 9.69 Å². The maximum atomic E-state index is 11.8. The van der Waals surface area contributed by atoms with Gasteiger partial charge in [-0.05, 0) is 24.1 Å². The molecule has 5 nitrogen and oxygen atoms in total. The topological polar surface area (TPSA) is 67.6 Å². The van der Waals surface area contributed by atoms with E-state index in [4.69, 9.17) is 10.5 Å². The van der Waals surface area contributed by atoms with Crippen molar-refractivity contribution in [3.63, 3.8) is 0 Å². The van der Waals surface area contributed by atoms with E-state index in [9.17, 15) is 4.79 Å². The Morgan fingerprint density at radius 2 is 2.35 bits per heavy atom. The summed E-state index contributed by atoms with van der Waals surface area (Å²) in [5.41, 5.74) is 6.84. The lowest BCUT2D eigenvalue weighted by atomic mass is 10.2. The summed E-state index contributed by atoms with van der Waals surface area (Å²) < 4.78 is 5.15. The largest absolute Gasteiger partial charge is 0.497 e. The van der Waals surface area contributed by atoms with Crippen molar-refractivity contribution < 1.29 is 9.53 Å². The second kappa shape index (κ2) is 8.09. The molecule has 1 atom stereocenters. The Hall–Kier alpha value is -1.30. The fourth-order valence-electron chi connectivity index (χ4n) is 2.25. The van der Waals surface area contributed by atoms with E-state index in [-0.39, 0.29) is 24.4 Å². The van der Waals surface area contributed by atoms with E-state index < -0.39 is 0 Å². The van der Waals surface area contributed by atoms with Crippen molar-refractivity contribution in [2.75, 3.05) is 26.7 Å². The smallest absolute Gasteiger partial charge is 0.234 e. The van der Waals surface area contributed by atoms with Crippen LogP contribution >= 0.6 is 12.4 Å². The van der Waals surface area contributed by atoms with Gasteiger partial charge in [0.05, 0.1) is 13.7 Å². The molecule has 2 rings (SSSR count). The van der Waals surface area contributed by atoms with Gasteiger partial charge >= 0.3 is 0 Å². The number of hydrogen-bond acceptors (Lipinski definition) is 4. The zero-order valence-corrected chi connectivity index (χ0v) is 12.5. The molecule has 0 saturated carbocycles. The lowest BCUT2D eigenvalue weighted by Gasteiger charge is -2.14. The van der Waals surface area contributed by atoms with E-state index in [1.165, 1.54) is 0 Å². The number of amides is 1. The number of methoxy groups -OCH3 is 1. The molecule has 20 heavy (non-hydrogen) atoms. The van der Waals surface area contributed by atoms with Gasteiger partial charge < -0.3 is 15.8 Å². The van der Waals surface area contributed by atoms with Crippen molar-refractivity contribution in [3.8, 4) is 5.75 Å². The summed E-state index contributed by atoms with van der Waals surface area (Å²) in [7, 11) is 1.63. The van der Waals surface area contributed by atoms with E-state index in [0.29, 0.717) is 13.1 Å². The third kappa shape index (κ3) is 5.00. The molecule has 1 fully saturated rings. The van der Waals surface area contributed by atoms with Crippen LogP contribution in [-0.4, -0.2) is 43.6 Å². The highest BCUT2D eigenvalue weighted by molar-refractivity contribution is 5.85. The molecule has 0 bridgehead atoms. The second-order valence-electron chi connectivity index (χ2n) is 4.91. The van der Waals surface area contributed by atoms with Crippen molar-refractivity contribution in [2.24, 2.45) is 5.73 Å². The molecule has 3 N–H and O–H groups in total. The van der Waals surface area contributed by atoms with Gasteiger partial charge in [0.1, 0.15) is 5.75 Å². The summed E-state index contributed by atoms with van der Waals surface area (Å²) in [6, 6.07) is 7.91. The number of nitrogens with one attached hydrogen (secondary N) is 1. The summed E-state index contributed by atoms with van der Waals surface area (Å²) in [4.78, 5) is 13.9. The van der Waals surface area contributed by atoms with Crippen LogP contribution < -0.4 is 15.8 Å². The van der Waals surface area contributed by atoms with Crippen LogP contribution in [0.1, 0.15) is 12.0 Å². The quantitative estimate of drug-likeness (QED) is 0.843. The summed E-state index contributed by atoms with van der Waals surface area (Å²) >= 11 is 0. The number of nitrogens with two attached hydrogens (primary N) is 1. The van der Waals surface area contributed by atoms with Gasteiger partial charge in [0, 0.05) is 25.7 Å². The highest BCUT2D eigenvalue weighted by atomic mass is 35.5. The third-order valence-corrected chi connectivity index (χ3v) is 3.30. The molecular formula is C14H22ClN3O2. The van der Waals surface area contributed by atoms with Gasteiger partial charge in [-0.25, -0.2) is 0 Å². The number of rotatable bonds is 5. The maximum Gasteiger partial charge on any atom is 0.234 e. The number of carbonyl (C=O) groups excluding carboxylic acids is 1. The third-order valence-electron chi connectivity index (χ3n) is 3.30. The summed E-state index contributed by atoms with van der Waals surface area (Å²) in [5, 5.41) is 2.92. The van der Waals surface area contributed by atoms with E-state index in [0.717, 1.165) is 30.8 Å². The van der Waals surface area contributed by atoms with Gasteiger partial charge in [-0.2, -0.15) is 0 Å². The highest BCUT2D eigenvalue weighted by Crippen LogP contribution is 2.12. The van der Waals surface area contributed by atoms with E-state index in [1.807, 2.05) is 24.3 Å². The van der Waals surface area contributed by atoms with Crippen LogP contribution in [0.25, 0.3) is 0 Å². The van der Waals surface area contributed by atoms with Crippen molar-refractivity contribution in [1.29, 1.82) is 0 Å². The van der Waals surface area contributed by atoms with Crippen LogP contribution in [0, 0.1) is 0 Å².